The van der Waals surface area contributed by atoms with Crippen molar-refractivity contribution in [2.24, 2.45) is 0 Å². The van der Waals surface area contributed by atoms with E-state index in [1.54, 1.807) is 0 Å². The molecule has 1 aliphatic carbocycles. The molecule has 4 rings (SSSR count). The first-order valence-electron chi connectivity index (χ1n) is 9.49. The second-order valence-corrected chi connectivity index (χ2v) is 8.48. The number of nitrogens with zero attached hydrogens (tertiary/aromatic N) is 4. The van der Waals surface area contributed by atoms with Crippen LogP contribution in [0.4, 0.5) is 5.95 Å². The van der Waals surface area contributed by atoms with Gasteiger partial charge in [0.1, 0.15) is 0 Å². The van der Waals surface area contributed by atoms with Crippen LogP contribution in [0.1, 0.15) is 41.6 Å². The molecule has 0 bridgehead atoms. The largest absolute Gasteiger partial charge is 0.347 e. The molecule has 5 heteroatoms. The fourth-order valence-corrected chi connectivity index (χ4v) is 4.88. The van der Waals surface area contributed by atoms with Crippen LogP contribution in [-0.2, 0) is 18.4 Å². The molecule has 0 N–H and O–H groups in total. The van der Waals surface area contributed by atoms with E-state index in [4.69, 9.17) is 16.6 Å². The van der Waals surface area contributed by atoms with E-state index in [0.717, 1.165) is 37.0 Å². The third kappa shape index (κ3) is 3.10. The van der Waals surface area contributed by atoms with Crippen molar-refractivity contribution in [2.45, 2.75) is 44.6 Å². The summed E-state index contributed by atoms with van der Waals surface area (Å²) in [5.41, 5.74) is 5.35. The monoisotopic (exact) mass is 370 g/mol. The van der Waals surface area contributed by atoms with Crippen molar-refractivity contribution in [2.75, 3.05) is 32.1 Å². The highest BCUT2D eigenvalue weighted by Gasteiger charge is 2.43. The van der Waals surface area contributed by atoms with E-state index < -0.39 is 0 Å². The molecule has 1 aromatic heterocycles. The average Bonchev–Trinajstić information content (AvgIpc) is 2.96. The summed E-state index contributed by atoms with van der Waals surface area (Å²) >= 11 is 6.48. The number of fused-ring (bicyclic) bond motifs is 2. The first-order valence-corrected chi connectivity index (χ1v) is 9.86. The first-order chi connectivity index (χ1) is 12.5. The second-order valence-electron chi connectivity index (χ2n) is 8.07. The van der Waals surface area contributed by atoms with Crippen molar-refractivity contribution in [1.82, 2.24) is 14.9 Å². The number of aryl methyl sites for hydroxylation is 2. The quantitative estimate of drug-likeness (QED) is 0.817. The molecule has 1 aromatic carbocycles. The standard InChI is InChI=1S/C21H27ClN4/c1-15-6-4-7-18(22)17(15)13-26-11-5-9-21(14-26)10-8-16-12-23-20(25(2)3)24-19(16)21/h4,6-7,12H,5,8-11,13-14H2,1-3H3. The maximum Gasteiger partial charge on any atom is 0.225 e. The van der Waals surface area contributed by atoms with Gasteiger partial charge in [0.05, 0.1) is 5.69 Å². The molecule has 1 aliphatic heterocycles. The van der Waals surface area contributed by atoms with Crippen LogP contribution in [0.25, 0.3) is 0 Å². The predicted molar refractivity (Wildman–Crippen MR) is 107 cm³/mol. The van der Waals surface area contributed by atoms with E-state index in [1.807, 2.05) is 37.3 Å². The summed E-state index contributed by atoms with van der Waals surface area (Å²) < 4.78 is 0. The Hall–Kier alpha value is -1.65. The van der Waals surface area contributed by atoms with Gasteiger partial charge < -0.3 is 4.90 Å². The van der Waals surface area contributed by atoms with Crippen LogP contribution in [0.15, 0.2) is 24.4 Å². The van der Waals surface area contributed by atoms with Gasteiger partial charge in [-0.05, 0) is 61.9 Å². The van der Waals surface area contributed by atoms with Crippen LogP contribution in [0.2, 0.25) is 5.02 Å². The first kappa shape index (κ1) is 17.7. The molecule has 4 nitrogen and oxygen atoms in total. The third-order valence-corrected chi connectivity index (χ3v) is 6.37. The summed E-state index contributed by atoms with van der Waals surface area (Å²) in [7, 11) is 4.02. The highest BCUT2D eigenvalue weighted by molar-refractivity contribution is 6.31. The van der Waals surface area contributed by atoms with Crippen molar-refractivity contribution in [3.8, 4) is 0 Å². The number of hydrogen-bond acceptors (Lipinski definition) is 4. The van der Waals surface area contributed by atoms with Crippen molar-refractivity contribution >= 4 is 17.5 Å². The van der Waals surface area contributed by atoms with Crippen LogP contribution in [0.3, 0.4) is 0 Å². The van der Waals surface area contributed by atoms with Gasteiger partial charge in [-0.15, -0.1) is 0 Å². The lowest BCUT2D eigenvalue weighted by Crippen LogP contribution is -2.45. The zero-order chi connectivity index (χ0) is 18.3. The number of rotatable bonds is 3. The van der Waals surface area contributed by atoms with Gasteiger partial charge in [-0.25, -0.2) is 9.97 Å². The van der Waals surface area contributed by atoms with Gasteiger partial charge in [0.25, 0.3) is 0 Å². The Morgan fingerprint density at radius 1 is 1.27 bits per heavy atom. The number of likely N-dealkylation sites (tertiary alicyclic amines) is 1. The Kier molecular flexibility index (Phi) is 4.66. The lowest BCUT2D eigenvalue weighted by atomic mass is 9.77. The van der Waals surface area contributed by atoms with Crippen molar-refractivity contribution in [3.63, 3.8) is 0 Å². The molecule has 1 atom stereocenters. The molecule has 0 saturated carbocycles. The minimum absolute atomic E-state index is 0.177. The normalized spacial score (nSPS) is 22.6. The summed E-state index contributed by atoms with van der Waals surface area (Å²) in [6.45, 7) is 5.28. The molecule has 2 aromatic rings. The molecule has 2 heterocycles. The van der Waals surface area contributed by atoms with Gasteiger partial charge in [-0.3, -0.25) is 4.90 Å². The number of benzene rings is 1. The lowest BCUT2D eigenvalue weighted by Gasteiger charge is -2.41. The summed E-state index contributed by atoms with van der Waals surface area (Å²) in [5, 5.41) is 0.883. The van der Waals surface area contributed by atoms with Gasteiger partial charge in [-0.2, -0.15) is 0 Å². The summed E-state index contributed by atoms with van der Waals surface area (Å²) in [6.07, 6.45) is 6.77. The summed E-state index contributed by atoms with van der Waals surface area (Å²) in [6, 6.07) is 6.19. The van der Waals surface area contributed by atoms with E-state index in [1.165, 1.54) is 41.6 Å². The SMILES string of the molecule is Cc1cccc(Cl)c1CN1CCCC2(CCc3cnc(N(C)C)nc32)C1. The van der Waals surface area contributed by atoms with E-state index in [9.17, 15) is 0 Å². The Labute approximate surface area is 161 Å². The molecule has 1 saturated heterocycles. The van der Waals surface area contributed by atoms with Crippen molar-refractivity contribution in [3.05, 3.63) is 51.8 Å². The Morgan fingerprint density at radius 2 is 2.12 bits per heavy atom. The molecule has 1 fully saturated rings. The van der Waals surface area contributed by atoms with E-state index in [0.29, 0.717) is 0 Å². The van der Waals surface area contributed by atoms with Crippen LogP contribution < -0.4 is 4.90 Å². The van der Waals surface area contributed by atoms with Crippen LogP contribution in [0, 0.1) is 6.92 Å². The number of piperidine rings is 1. The van der Waals surface area contributed by atoms with Crippen molar-refractivity contribution < 1.29 is 0 Å². The number of anilines is 1. The lowest BCUT2D eigenvalue weighted by molar-refractivity contribution is 0.136. The fourth-order valence-electron chi connectivity index (χ4n) is 4.60. The summed E-state index contributed by atoms with van der Waals surface area (Å²) in [5.74, 6) is 0.823. The maximum absolute atomic E-state index is 6.48. The Bertz CT molecular complexity index is 795. The van der Waals surface area contributed by atoms with Crippen LogP contribution >= 0.6 is 11.6 Å². The average molecular weight is 371 g/mol. The van der Waals surface area contributed by atoms with Crippen molar-refractivity contribution in [1.29, 1.82) is 0 Å². The predicted octanol–water partition coefficient (Wildman–Crippen LogP) is 3.98. The zero-order valence-corrected chi connectivity index (χ0v) is 16.7. The van der Waals surface area contributed by atoms with E-state index >= 15 is 0 Å². The maximum atomic E-state index is 6.48. The third-order valence-electron chi connectivity index (χ3n) is 6.02. The van der Waals surface area contributed by atoms with Crippen LogP contribution in [0.5, 0.6) is 0 Å². The smallest absolute Gasteiger partial charge is 0.225 e. The molecule has 2 aliphatic rings. The highest BCUT2D eigenvalue weighted by atomic mass is 35.5. The Balaban J connectivity index is 1.61. The van der Waals surface area contributed by atoms with Gasteiger partial charge in [0, 0.05) is 43.8 Å². The topological polar surface area (TPSA) is 32.3 Å². The number of halogens is 1. The minimum Gasteiger partial charge on any atom is -0.347 e. The fraction of sp³-hybridized carbons (Fsp3) is 0.524. The second kappa shape index (κ2) is 6.82. The zero-order valence-electron chi connectivity index (χ0n) is 15.9. The van der Waals surface area contributed by atoms with Gasteiger partial charge in [0.15, 0.2) is 0 Å². The van der Waals surface area contributed by atoms with Gasteiger partial charge in [0.2, 0.25) is 5.95 Å². The molecule has 0 radical (unpaired) electrons. The Morgan fingerprint density at radius 3 is 2.88 bits per heavy atom. The molecule has 138 valence electrons. The molecule has 1 unspecified atom stereocenters. The van der Waals surface area contributed by atoms with Gasteiger partial charge >= 0.3 is 0 Å². The highest BCUT2D eigenvalue weighted by Crippen LogP contribution is 2.44. The molecule has 1 spiro atoms. The molecular formula is C21H27ClN4. The van der Waals surface area contributed by atoms with E-state index in [2.05, 4.69) is 22.9 Å². The van der Waals surface area contributed by atoms with Crippen LogP contribution in [-0.4, -0.2) is 42.1 Å². The summed E-state index contributed by atoms with van der Waals surface area (Å²) in [4.78, 5) is 14.1. The number of aromatic nitrogens is 2. The van der Waals surface area contributed by atoms with E-state index in [-0.39, 0.29) is 5.41 Å². The minimum atomic E-state index is 0.177. The molecule has 26 heavy (non-hydrogen) atoms. The molecule has 0 amide bonds. The van der Waals surface area contributed by atoms with Gasteiger partial charge in [-0.1, -0.05) is 23.7 Å². The molecular weight excluding hydrogens is 344 g/mol. The number of hydrogen-bond donors (Lipinski definition) is 0.